The molecule has 5 heteroatoms. The largest absolute Gasteiger partial charge is 0.289 e. The van der Waals surface area contributed by atoms with Crippen molar-refractivity contribution in [2.45, 2.75) is 24.5 Å². The van der Waals surface area contributed by atoms with E-state index < -0.39 is 11.6 Å². The van der Waals surface area contributed by atoms with Crippen molar-refractivity contribution < 1.29 is 13.6 Å². The smallest absolute Gasteiger partial charge is 0.193 e. The minimum Gasteiger partial charge on any atom is -0.289 e. The van der Waals surface area contributed by atoms with Crippen molar-refractivity contribution in [2.24, 2.45) is 0 Å². The zero-order valence-corrected chi connectivity index (χ0v) is 15.3. The highest BCUT2D eigenvalue weighted by molar-refractivity contribution is 9.08. The summed E-state index contributed by atoms with van der Waals surface area (Å²) in [4.78, 5) is 12.8. The van der Waals surface area contributed by atoms with E-state index in [0.717, 1.165) is 0 Å². The number of ketones is 1. The number of carbonyl (C=O) groups excluding carboxylic acids is 1. The molecule has 0 aliphatic carbocycles. The zero-order valence-electron chi connectivity index (χ0n) is 12.1. The SMILES string of the molecule is Cc1cc(F)c(CBr)c(C(=O)c2cc(C)cc(F)c2CBr)c1. The third kappa shape index (κ3) is 3.30. The minimum atomic E-state index is -0.436. The van der Waals surface area contributed by atoms with Gasteiger partial charge >= 0.3 is 0 Å². The van der Waals surface area contributed by atoms with Crippen LogP contribution < -0.4 is 0 Å². The lowest BCUT2D eigenvalue weighted by Gasteiger charge is -2.13. The van der Waals surface area contributed by atoms with Crippen LogP contribution in [0.15, 0.2) is 24.3 Å². The molecule has 0 aliphatic heterocycles. The molecule has 1 nitrogen and oxygen atoms in total. The Morgan fingerprint density at radius 3 is 1.55 bits per heavy atom. The van der Waals surface area contributed by atoms with E-state index in [1.807, 2.05) is 0 Å². The molecule has 2 rings (SSSR count). The summed E-state index contributed by atoms with van der Waals surface area (Å²) in [5, 5.41) is 0.441. The summed E-state index contributed by atoms with van der Waals surface area (Å²) in [6, 6.07) is 6.05. The minimum absolute atomic E-state index is 0.220. The van der Waals surface area contributed by atoms with Gasteiger partial charge in [0.1, 0.15) is 11.6 Å². The van der Waals surface area contributed by atoms with Crippen LogP contribution in [-0.2, 0) is 10.7 Å². The number of alkyl halides is 2. The summed E-state index contributed by atoms with van der Waals surface area (Å²) in [6.45, 7) is 3.44. The molecule has 116 valence electrons. The fraction of sp³-hybridized carbons (Fsp3) is 0.235. The van der Waals surface area contributed by atoms with E-state index in [9.17, 15) is 13.6 Å². The standard InChI is InChI=1S/C17H14Br2F2O/c1-9-3-11(13(7-18)15(20)5-9)17(22)12-4-10(2)6-16(21)14(12)8-19/h3-6H,7-8H2,1-2H3. The normalized spacial score (nSPS) is 10.8. The molecule has 2 aromatic rings. The zero-order chi connectivity index (χ0) is 16.4. The quantitative estimate of drug-likeness (QED) is 0.454. The van der Waals surface area contributed by atoms with Crippen molar-refractivity contribution >= 4 is 37.6 Å². The van der Waals surface area contributed by atoms with Crippen LogP contribution in [0.4, 0.5) is 8.78 Å². The summed E-state index contributed by atoms with van der Waals surface area (Å²) in [5.41, 5.74) is 2.41. The van der Waals surface area contributed by atoms with E-state index in [-0.39, 0.29) is 38.7 Å². The molecule has 0 N–H and O–H groups in total. The molecular weight excluding hydrogens is 418 g/mol. The molecule has 0 aliphatic rings. The average molecular weight is 432 g/mol. The maximum atomic E-state index is 14.1. The highest BCUT2D eigenvalue weighted by Gasteiger charge is 2.21. The van der Waals surface area contributed by atoms with Crippen molar-refractivity contribution in [1.29, 1.82) is 0 Å². The molecule has 0 radical (unpaired) electrons. The van der Waals surface area contributed by atoms with Crippen LogP contribution in [0.1, 0.15) is 38.2 Å². The van der Waals surface area contributed by atoms with Crippen LogP contribution >= 0.6 is 31.9 Å². The Kier molecular flexibility index (Phi) is 5.50. The van der Waals surface area contributed by atoms with Crippen molar-refractivity contribution in [3.8, 4) is 0 Å². The Morgan fingerprint density at radius 1 is 0.864 bits per heavy atom. The Labute approximate surface area is 145 Å². The highest BCUT2D eigenvalue weighted by Crippen LogP contribution is 2.26. The first kappa shape index (κ1) is 17.3. The van der Waals surface area contributed by atoms with E-state index in [2.05, 4.69) is 31.9 Å². The van der Waals surface area contributed by atoms with Gasteiger partial charge < -0.3 is 0 Å². The molecule has 2 aromatic carbocycles. The van der Waals surface area contributed by atoms with Gasteiger partial charge in [0.25, 0.3) is 0 Å². The topological polar surface area (TPSA) is 17.1 Å². The van der Waals surface area contributed by atoms with Crippen LogP contribution in [0.2, 0.25) is 0 Å². The van der Waals surface area contributed by atoms with Gasteiger partial charge in [-0.1, -0.05) is 31.9 Å². The van der Waals surface area contributed by atoms with Gasteiger partial charge in [-0.3, -0.25) is 4.79 Å². The van der Waals surface area contributed by atoms with Crippen LogP contribution in [-0.4, -0.2) is 5.78 Å². The average Bonchev–Trinajstić information content (AvgIpc) is 2.45. The molecule has 0 aromatic heterocycles. The second-order valence-corrected chi connectivity index (χ2v) is 6.26. The second-order valence-electron chi connectivity index (χ2n) is 5.14. The third-order valence-corrected chi connectivity index (χ3v) is 4.56. The van der Waals surface area contributed by atoms with E-state index in [1.165, 1.54) is 12.1 Å². The Morgan fingerprint density at radius 2 is 1.23 bits per heavy atom. The fourth-order valence-electron chi connectivity index (χ4n) is 2.37. The lowest BCUT2D eigenvalue weighted by Crippen LogP contribution is -2.11. The number of halogens is 4. The van der Waals surface area contributed by atoms with Gasteiger partial charge in [-0.25, -0.2) is 8.78 Å². The van der Waals surface area contributed by atoms with Crippen molar-refractivity contribution in [2.75, 3.05) is 0 Å². The van der Waals surface area contributed by atoms with Gasteiger partial charge in [-0.05, 0) is 49.2 Å². The van der Waals surface area contributed by atoms with Crippen LogP contribution in [0, 0.1) is 25.5 Å². The highest BCUT2D eigenvalue weighted by atomic mass is 79.9. The van der Waals surface area contributed by atoms with E-state index in [0.29, 0.717) is 11.1 Å². The molecule has 0 spiro atoms. The lowest BCUT2D eigenvalue weighted by atomic mass is 9.93. The molecule has 0 saturated heterocycles. The fourth-order valence-corrected chi connectivity index (χ4v) is 3.51. The van der Waals surface area contributed by atoms with Gasteiger partial charge in [0, 0.05) is 32.9 Å². The molecule has 0 bridgehead atoms. The maximum absolute atomic E-state index is 14.1. The van der Waals surface area contributed by atoms with Gasteiger partial charge in [-0.2, -0.15) is 0 Å². The van der Waals surface area contributed by atoms with Gasteiger partial charge in [0.05, 0.1) is 0 Å². The maximum Gasteiger partial charge on any atom is 0.193 e. The summed E-state index contributed by atoms with van der Waals surface area (Å²) in [6.07, 6.45) is 0. The number of carbonyl (C=O) groups is 1. The lowest BCUT2D eigenvalue weighted by molar-refractivity contribution is 0.103. The van der Waals surface area contributed by atoms with Crippen LogP contribution in [0.25, 0.3) is 0 Å². The predicted octanol–water partition coefficient (Wildman–Crippen LogP) is 5.60. The number of aryl methyl sites for hydroxylation is 2. The van der Waals surface area contributed by atoms with Crippen molar-refractivity contribution in [3.63, 3.8) is 0 Å². The number of hydrogen-bond acceptors (Lipinski definition) is 1. The number of rotatable bonds is 4. The Hall–Kier alpha value is -1.07. The first-order valence-electron chi connectivity index (χ1n) is 6.63. The molecular formula is C17H14Br2F2O. The summed E-state index contributed by atoms with van der Waals surface area (Å²) in [7, 11) is 0. The van der Waals surface area contributed by atoms with Crippen LogP contribution in [0.3, 0.4) is 0 Å². The molecule has 0 saturated carbocycles. The predicted molar refractivity (Wildman–Crippen MR) is 91.0 cm³/mol. The van der Waals surface area contributed by atoms with Gasteiger partial charge in [-0.15, -0.1) is 0 Å². The molecule has 0 unspecified atom stereocenters. The molecule has 0 atom stereocenters. The van der Waals surface area contributed by atoms with Gasteiger partial charge in [0.15, 0.2) is 5.78 Å². The summed E-state index contributed by atoms with van der Waals surface area (Å²) < 4.78 is 28.1. The first-order chi connectivity index (χ1) is 10.4. The first-order valence-corrected chi connectivity index (χ1v) is 8.88. The summed E-state index contributed by atoms with van der Waals surface area (Å²) >= 11 is 6.43. The van der Waals surface area contributed by atoms with Gasteiger partial charge in [0.2, 0.25) is 0 Å². The van der Waals surface area contributed by atoms with E-state index >= 15 is 0 Å². The molecule has 22 heavy (non-hydrogen) atoms. The molecule has 0 amide bonds. The Bertz CT molecular complexity index is 680. The molecule has 0 fully saturated rings. The summed E-state index contributed by atoms with van der Waals surface area (Å²) in [5.74, 6) is -1.24. The molecule has 0 heterocycles. The van der Waals surface area contributed by atoms with E-state index in [4.69, 9.17) is 0 Å². The number of hydrogen-bond donors (Lipinski definition) is 0. The third-order valence-electron chi connectivity index (χ3n) is 3.44. The Balaban J connectivity index is 2.68. The number of benzene rings is 2. The van der Waals surface area contributed by atoms with Crippen molar-refractivity contribution in [3.05, 3.63) is 69.3 Å². The monoisotopic (exact) mass is 430 g/mol. The van der Waals surface area contributed by atoms with E-state index in [1.54, 1.807) is 26.0 Å². The van der Waals surface area contributed by atoms with Crippen molar-refractivity contribution in [1.82, 2.24) is 0 Å². The van der Waals surface area contributed by atoms with Crippen LogP contribution in [0.5, 0.6) is 0 Å². The second kappa shape index (κ2) is 7.01.